The zero-order valence-electron chi connectivity index (χ0n) is 18.2. The molecule has 0 saturated heterocycles. The normalized spacial score (nSPS) is 10.8. The van der Waals surface area contributed by atoms with Gasteiger partial charge in [-0.05, 0) is 24.5 Å². The van der Waals surface area contributed by atoms with Gasteiger partial charge in [0.15, 0.2) is 5.82 Å². The van der Waals surface area contributed by atoms with Crippen LogP contribution in [0.4, 0.5) is 0 Å². The number of aryl methyl sites for hydroxylation is 2. The predicted octanol–water partition coefficient (Wildman–Crippen LogP) is 4.93. The van der Waals surface area contributed by atoms with Crippen molar-refractivity contribution in [3.63, 3.8) is 0 Å². The second-order valence-electron chi connectivity index (χ2n) is 7.50. The average Bonchev–Trinajstić information content (AvgIpc) is 3.18. The third-order valence-electron chi connectivity index (χ3n) is 5.10. The summed E-state index contributed by atoms with van der Waals surface area (Å²) >= 11 is 0. The SMILES string of the molecule is CCCCc1nc(CCCC)n(Cc2ccc(-c3ccccc3C(=N)NN=N)nc2)n1. The molecule has 0 atom stereocenters. The fourth-order valence-corrected chi connectivity index (χ4v) is 3.40. The Bertz CT molecular complexity index is 1010. The monoisotopic (exact) mass is 418 g/mol. The summed E-state index contributed by atoms with van der Waals surface area (Å²) in [6.07, 6.45) is 8.17. The number of hydrogen-bond acceptors (Lipinski definition) is 6. The molecule has 2 heterocycles. The van der Waals surface area contributed by atoms with Gasteiger partial charge in [-0.15, -0.1) is 0 Å². The standard InChI is InChI=1S/C23H30N8/c1-3-5-11-21-27-22(12-6-4-2)31(29-21)16-17-13-14-20(26-15-17)18-9-7-8-10-19(18)23(24)28-30-25/h7-10,13-15H,3-6,11-12,16H2,1-2H3,(H3,24,25,28). The van der Waals surface area contributed by atoms with Crippen LogP contribution in [0.5, 0.6) is 0 Å². The van der Waals surface area contributed by atoms with Crippen LogP contribution >= 0.6 is 0 Å². The molecule has 8 heteroatoms. The third kappa shape index (κ3) is 5.81. The summed E-state index contributed by atoms with van der Waals surface area (Å²) in [4.78, 5) is 9.40. The number of nitrogens with one attached hydrogen (secondary N) is 3. The molecule has 0 spiro atoms. The van der Waals surface area contributed by atoms with Gasteiger partial charge in [0.25, 0.3) is 0 Å². The first-order chi connectivity index (χ1) is 15.2. The minimum atomic E-state index is 0.0688. The van der Waals surface area contributed by atoms with Crippen molar-refractivity contribution in [3.8, 4) is 11.3 Å². The fourth-order valence-electron chi connectivity index (χ4n) is 3.40. The van der Waals surface area contributed by atoms with E-state index in [1.54, 1.807) is 0 Å². The molecule has 2 aromatic heterocycles. The molecule has 0 radical (unpaired) electrons. The molecular weight excluding hydrogens is 388 g/mol. The van der Waals surface area contributed by atoms with Gasteiger partial charge in [-0.3, -0.25) is 10.4 Å². The Hall–Kier alpha value is -3.42. The molecule has 0 amide bonds. The Labute approximate surface area is 183 Å². The van der Waals surface area contributed by atoms with Crippen LogP contribution in [0.2, 0.25) is 0 Å². The lowest BCUT2D eigenvalue weighted by atomic mass is 10.0. The van der Waals surface area contributed by atoms with Gasteiger partial charge >= 0.3 is 0 Å². The molecule has 0 fully saturated rings. The van der Waals surface area contributed by atoms with Gasteiger partial charge < -0.3 is 0 Å². The summed E-state index contributed by atoms with van der Waals surface area (Å²) in [6.45, 7) is 5.01. The van der Waals surface area contributed by atoms with Gasteiger partial charge in [-0.1, -0.05) is 62.2 Å². The number of unbranched alkanes of at least 4 members (excludes halogenated alkanes) is 2. The van der Waals surface area contributed by atoms with Gasteiger partial charge in [0.1, 0.15) is 11.7 Å². The van der Waals surface area contributed by atoms with Crippen LogP contribution in [-0.2, 0) is 19.4 Å². The molecule has 3 rings (SSSR count). The van der Waals surface area contributed by atoms with Crippen LogP contribution in [0.3, 0.4) is 0 Å². The van der Waals surface area contributed by atoms with Crippen molar-refractivity contribution < 1.29 is 0 Å². The minimum absolute atomic E-state index is 0.0688. The van der Waals surface area contributed by atoms with Crippen LogP contribution in [0.1, 0.15) is 62.3 Å². The zero-order chi connectivity index (χ0) is 22.1. The van der Waals surface area contributed by atoms with Crippen LogP contribution < -0.4 is 5.43 Å². The van der Waals surface area contributed by atoms with E-state index in [1.807, 2.05) is 47.3 Å². The van der Waals surface area contributed by atoms with Crippen molar-refractivity contribution in [2.75, 3.05) is 0 Å². The fraction of sp³-hybridized carbons (Fsp3) is 0.391. The minimum Gasteiger partial charge on any atom is -0.283 e. The summed E-state index contributed by atoms with van der Waals surface area (Å²) in [5.41, 5.74) is 12.6. The lowest BCUT2D eigenvalue weighted by Gasteiger charge is -2.10. The molecule has 31 heavy (non-hydrogen) atoms. The molecule has 0 unspecified atom stereocenters. The maximum Gasteiger partial charge on any atom is 0.150 e. The van der Waals surface area contributed by atoms with E-state index in [1.165, 1.54) is 0 Å². The van der Waals surface area contributed by atoms with Gasteiger partial charge in [-0.2, -0.15) is 10.6 Å². The van der Waals surface area contributed by atoms with Crippen molar-refractivity contribution in [3.05, 3.63) is 65.4 Å². The molecule has 0 aliphatic rings. The highest BCUT2D eigenvalue weighted by Gasteiger charge is 2.12. The van der Waals surface area contributed by atoms with Gasteiger partial charge in [0, 0.05) is 30.2 Å². The molecule has 3 aromatic rings. The highest BCUT2D eigenvalue weighted by molar-refractivity contribution is 6.01. The maximum absolute atomic E-state index is 8.07. The first-order valence-electron chi connectivity index (χ1n) is 10.8. The van der Waals surface area contributed by atoms with Crippen LogP contribution in [-0.4, -0.2) is 25.6 Å². The average molecular weight is 419 g/mol. The smallest absolute Gasteiger partial charge is 0.150 e. The number of rotatable bonds is 11. The lowest BCUT2D eigenvalue weighted by Crippen LogP contribution is -2.17. The van der Waals surface area contributed by atoms with Gasteiger partial charge in [0.05, 0.1) is 12.2 Å². The Morgan fingerprint density at radius 3 is 2.55 bits per heavy atom. The number of aromatic nitrogens is 4. The Morgan fingerprint density at radius 1 is 1.06 bits per heavy atom. The number of amidine groups is 1. The van der Waals surface area contributed by atoms with Crippen molar-refractivity contribution in [2.45, 2.75) is 58.9 Å². The van der Waals surface area contributed by atoms with Crippen LogP contribution in [0, 0.1) is 10.9 Å². The van der Waals surface area contributed by atoms with E-state index in [9.17, 15) is 0 Å². The molecule has 0 bridgehead atoms. The first-order valence-corrected chi connectivity index (χ1v) is 10.8. The number of pyridine rings is 1. The number of hydrogen-bond donors (Lipinski definition) is 3. The molecule has 8 nitrogen and oxygen atoms in total. The quantitative estimate of drug-likeness (QED) is 0.177. The lowest BCUT2D eigenvalue weighted by molar-refractivity contribution is 0.611. The van der Waals surface area contributed by atoms with Crippen LogP contribution in [0.15, 0.2) is 47.8 Å². The Morgan fingerprint density at radius 2 is 1.84 bits per heavy atom. The molecular formula is C23H30N8. The summed E-state index contributed by atoms with van der Waals surface area (Å²) in [6, 6.07) is 11.5. The van der Waals surface area contributed by atoms with Crippen molar-refractivity contribution in [1.29, 1.82) is 10.9 Å². The number of nitrogens with zero attached hydrogens (tertiary/aromatic N) is 5. The molecule has 162 valence electrons. The topological polar surface area (TPSA) is 116 Å². The van der Waals surface area contributed by atoms with Crippen LogP contribution in [0.25, 0.3) is 11.3 Å². The molecule has 0 aliphatic heterocycles. The molecule has 0 saturated carbocycles. The Kier molecular flexibility index (Phi) is 7.98. The van der Waals surface area contributed by atoms with E-state index in [4.69, 9.17) is 21.0 Å². The summed E-state index contributed by atoms with van der Waals surface area (Å²) in [5.74, 6) is 2.04. The van der Waals surface area contributed by atoms with E-state index in [-0.39, 0.29) is 5.84 Å². The van der Waals surface area contributed by atoms with Gasteiger partial charge in [0.2, 0.25) is 0 Å². The van der Waals surface area contributed by atoms with Crippen molar-refractivity contribution in [1.82, 2.24) is 25.2 Å². The second-order valence-corrected chi connectivity index (χ2v) is 7.50. The van der Waals surface area contributed by atoms with E-state index < -0.39 is 0 Å². The third-order valence-corrected chi connectivity index (χ3v) is 5.10. The van der Waals surface area contributed by atoms with E-state index in [0.29, 0.717) is 12.1 Å². The molecule has 0 aliphatic carbocycles. The molecule has 1 aromatic carbocycles. The van der Waals surface area contributed by atoms with Gasteiger partial charge in [-0.25, -0.2) is 15.1 Å². The maximum atomic E-state index is 8.07. The van der Waals surface area contributed by atoms with Crippen molar-refractivity contribution in [2.24, 2.45) is 5.22 Å². The molecule has 3 N–H and O–H groups in total. The predicted molar refractivity (Wildman–Crippen MR) is 121 cm³/mol. The zero-order valence-corrected chi connectivity index (χ0v) is 18.2. The highest BCUT2D eigenvalue weighted by atomic mass is 15.4. The summed E-state index contributed by atoms with van der Waals surface area (Å²) in [5, 5.41) is 15.9. The van der Waals surface area contributed by atoms with E-state index in [2.05, 4.69) is 29.5 Å². The summed E-state index contributed by atoms with van der Waals surface area (Å²) < 4.78 is 2.01. The second kappa shape index (κ2) is 11.1. The number of benzene rings is 1. The first kappa shape index (κ1) is 22.3. The van der Waals surface area contributed by atoms with E-state index in [0.717, 1.165) is 67.0 Å². The Balaban J connectivity index is 1.81. The van der Waals surface area contributed by atoms with Crippen molar-refractivity contribution >= 4 is 5.84 Å². The largest absolute Gasteiger partial charge is 0.283 e. The highest BCUT2D eigenvalue weighted by Crippen LogP contribution is 2.22. The summed E-state index contributed by atoms with van der Waals surface area (Å²) in [7, 11) is 0. The van der Waals surface area contributed by atoms with E-state index >= 15 is 0 Å².